The fourth-order valence-corrected chi connectivity index (χ4v) is 1.56. The summed E-state index contributed by atoms with van der Waals surface area (Å²) in [5.41, 5.74) is 2.65. The van der Waals surface area contributed by atoms with Crippen LogP contribution in [-0.4, -0.2) is 20.2 Å². The number of hydrogen-bond donors (Lipinski definition) is 2. The van der Waals surface area contributed by atoms with Crippen molar-refractivity contribution >= 4 is 0 Å². The predicted octanol–water partition coefficient (Wildman–Crippen LogP) is -4.87. The van der Waals surface area contributed by atoms with Crippen molar-refractivity contribution in [2.24, 2.45) is 0 Å². The zero-order valence-corrected chi connectivity index (χ0v) is 13.5. The van der Waals surface area contributed by atoms with E-state index >= 15 is 0 Å². The normalized spacial score (nSPS) is 8.74. The molecule has 0 radical (unpaired) electrons. The average Bonchev–Trinajstić information content (AvgIpc) is 2.38. The van der Waals surface area contributed by atoms with Crippen molar-refractivity contribution < 1.29 is 56.1 Å². The van der Waals surface area contributed by atoms with Gasteiger partial charge in [0.05, 0.1) is 24.6 Å². The molecule has 7 heteroatoms. The van der Waals surface area contributed by atoms with E-state index in [-0.39, 0.29) is 59.1 Å². The summed E-state index contributed by atoms with van der Waals surface area (Å²) in [7, 11) is 0. The zero-order valence-electron chi connectivity index (χ0n) is 9.74. The van der Waals surface area contributed by atoms with E-state index in [0.717, 1.165) is 0 Å². The van der Waals surface area contributed by atoms with Gasteiger partial charge in [0.1, 0.15) is 0 Å². The molecule has 2 aromatic heterocycles. The van der Waals surface area contributed by atoms with Gasteiger partial charge in [0.25, 0.3) is 0 Å². The van der Waals surface area contributed by atoms with Gasteiger partial charge in [-0.15, -0.1) is 0 Å². The Labute approximate surface area is 138 Å². The van der Waals surface area contributed by atoms with Gasteiger partial charge in [-0.25, -0.2) is 0 Å². The van der Waals surface area contributed by atoms with E-state index in [4.69, 9.17) is 0 Å². The van der Waals surface area contributed by atoms with Crippen LogP contribution in [-0.2, 0) is 34.3 Å². The fraction of sp³-hybridized carbons (Fsp3) is 0.167. The monoisotopic (exact) mass is 481 g/mol. The standard InChI is InChI=1S/C12H12N2O2.2ClH.Pt/c15-7-9-3-1-5-13-11(9)12-10(8-16)4-2-6-14-12;;;/h1-6,15-16H,7-8H2;2*1H;/q;;;+2/p-2. The van der Waals surface area contributed by atoms with Gasteiger partial charge in [-0.2, -0.15) is 0 Å². The van der Waals surface area contributed by atoms with Crippen LogP contribution in [0.1, 0.15) is 11.1 Å². The van der Waals surface area contributed by atoms with Crippen LogP contribution in [0.3, 0.4) is 0 Å². The molecule has 0 aliphatic rings. The van der Waals surface area contributed by atoms with Gasteiger partial charge in [-0.3, -0.25) is 9.97 Å². The maximum Gasteiger partial charge on any atom is 2.00 e. The molecule has 0 atom stereocenters. The molecule has 2 N–H and O–H groups in total. The summed E-state index contributed by atoms with van der Waals surface area (Å²) in [6.07, 6.45) is 3.29. The van der Waals surface area contributed by atoms with Crippen LogP contribution in [0.4, 0.5) is 0 Å². The van der Waals surface area contributed by atoms with Gasteiger partial charge in [-0.05, 0) is 12.1 Å². The first kappa shape index (κ1) is 20.8. The number of hydrogen-bond acceptors (Lipinski definition) is 4. The molecule has 0 amide bonds. The predicted molar refractivity (Wildman–Crippen MR) is 59.3 cm³/mol. The second kappa shape index (κ2) is 10.3. The minimum absolute atomic E-state index is 0. The molecular formula is C12H12Cl2N2O2Pt. The molecule has 4 nitrogen and oxygen atoms in total. The number of aliphatic hydroxyl groups excluding tert-OH is 2. The van der Waals surface area contributed by atoms with Crippen molar-refractivity contribution in [3.05, 3.63) is 47.8 Å². The molecule has 0 saturated carbocycles. The molecule has 0 aromatic carbocycles. The van der Waals surface area contributed by atoms with E-state index < -0.39 is 0 Å². The van der Waals surface area contributed by atoms with Gasteiger partial charge in [0.15, 0.2) is 0 Å². The van der Waals surface area contributed by atoms with Crippen LogP contribution >= 0.6 is 0 Å². The van der Waals surface area contributed by atoms with E-state index in [1.165, 1.54) is 0 Å². The molecule has 106 valence electrons. The molecule has 2 rings (SSSR count). The smallest absolute Gasteiger partial charge is 1.00 e. The Morgan fingerprint density at radius 1 is 0.789 bits per heavy atom. The third kappa shape index (κ3) is 4.82. The van der Waals surface area contributed by atoms with E-state index in [1.807, 2.05) is 0 Å². The summed E-state index contributed by atoms with van der Waals surface area (Å²) >= 11 is 0. The van der Waals surface area contributed by atoms with E-state index in [2.05, 4.69) is 9.97 Å². The molecule has 2 heterocycles. The van der Waals surface area contributed by atoms with Crippen LogP contribution in [0, 0.1) is 0 Å². The molecule has 0 saturated heterocycles. The molecule has 0 bridgehead atoms. The summed E-state index contributed by atoms with van der Waals surface area (Å²) < 4.78 is 0. The van der Waals surface area contributed by atoms with Crippen molar-refractivity contribution in [2.75, 3.05) is 0 Å². The molecule has 0 unspecified atom stereocenters. The van der Waals surface area contributed by atoms with Gasteiger partial charge in [-0.1, -0.05) is 12.1 Å². The summed E-state index contributed by atoms with van der Waals surface area (Å²) in [6, 6.07) is 7.10. The first-order chi connectivity index (χ1) is 7.86. The molecular weight excluding hydrogens is 470 g/mol. The molecule has 19 heavy (non-hydrogen) atoms. The Morgan fingerprint density at radius 2 is 1.16 bits per heavy atom. The van der Waals surface area contributed by atoms with Crippen LogP contribution in [0.15, 0.2) is 36.7 Å². The number of halogens is 2. The minimum Gasteiger partial charge on any atom is -1.00 e. The molecule has 0 aliphatic heterocycles. The van der Waals surface area contributed by atoms with Gasteiger partial charge >= 0.3 is 21.1 Å². The first-order valence-corrected chi connectivity index (χ1v) is 4.96. The Hall–Kier alpha value is -0.512. The summed E-state index contributed by atoms with van der Waals surface area (Å²) in [5.74, 6) is 0. The van der Waals surface area contributed by atoms with Gasteiger partial charge in [0, 0.05) is 23.5 Å². The Balaban J connectivity index is 0. The van der Waals surface area contributed by atoms with Crippen molar-refractivity contribution in [1.82, 2.24) is 9.97 Å². The van der Waals surface area contributed by atoms with Crippen LogP contribution in [0.2, 0.25) is 0 Å². The minimum atomic E-state index is -0.0926. The van der Waals surface area contributed by atoms with Crippen LogP contribution in [0.5, 0.6) is 0 Å². The Bertz CT molecular complexity index is 455. The summed E-state index contributed by atoms with van der Waals surface area (Å²) in [5, 5.41) is 18.4. The van der Waals surface area contributed by atoms with Gasteiger partial charge < -0.3 is 35.0 Å². The average molecular weight is 482 g/mol. The maximum atomic E-state index is 9.21. The quantitative estimate of drug-likeness (QED) is 0.461. The second-order valence-electron chi connectivity index (χ2n) is 3.34. The Kier molecular flexibility index (Phi) is 11.3. The number of aromatic nitrogens is 2. The summed E-state index contributed by atoms with van der Waals surface area (Å²) in [4.78, 5) is 8.39. The fourth-order valence-electron chi connectivity index (χ4n) is 1.56. The summed E-state index contributed by atoms with van der Waals surface area (Å²) in [6.45, 7) is -0.185. The van der Waals surface area contributed by atoms with E-state index in [0.29, 0.717) is 22.5 Å². The number of nitrogens with zero attached hydrogens (tertiary/aromatic N) is 2. The van der Waals surface area contributed by atoms with E-state index in [1.54, 1.807) is 36.7 Å². The maximum absolute atomic E-state index is 9.21. The van der Waals surface area contributed by atoms with Crippen LogP contribution < -0.4 is 24.8 Å². The van der Waals surface area contributed by atoms with E-state index in [9.17, 15) is 10.2 Å². The SMILES string of the molecule is OCc1cccnc1-c1ncccc1CO.[Cl-].[Cl-].[Pt+2]. The van der Waals surface area contributed by atoms with Crippen molar-refractivity contribution in [1.29, 1.82) is 0 Å². The van der Waals surface area contributed by atoms with Crippen LogP contribution in [0.25, 0.3) is 11.4 Å². The number of rotatable bonds is 3. The largest absolute Gasteiger partial charge is 2.00 e. The third-order valence-corrected chi connectivity index (χ3v) is 2.35. The third-order valence-electron chi connectivity index (χ3n) is 2.35. The molecule has 2 aromatic rings. The van der Waals surface area contributed by atoms with Gasteiger partial charge in [0.2, 0.25) is 0 Å². The van der Waals surface area contributed by atoms with Crippen molar-refractivity contribution in [3.8, 4) is 11.4 Å². The second-order valence-corrected chi connectivity index (χ2v) is 3.34. The Morgan fingerprint density at radius 3 is 1.47 bits per heavy atom. The van der Waals surface area contributed by atoms with Crippen molar-refractivity contribution in [2.45, 2.75) is 13.2 Å². The van der Waals surface area contributed by atoms with Crippen molar-refractivity contribution in [3.63, 3.8) is 0 Å². The molecule has 0 aliphatic carbocycles. The molecule has 0 spiro atoms. The molecule has 0 fully saturated rings. The zero-order chi connectivity index (χ0) is 11.4. The number of aliphatic hydroxyl groups is 2. The first-order valence-electron chi connectivity index (χ1n) is 4.96. The number of pyridine rings is 2. The topological polar surface area (TPSA) is 66.2 Å².